The van der Waals surface area contributed by atoms with E-state index in [2.05, 4.69) is 38.5 Å². The van der Waals surface area contributed by atoms with Crippen molar-refractivity contribution in [3.05, 3.63) is 58.9 Å². The molecule has 0 saturated carbocycles. The van der Waals surface area contributed by atoms with Gasteiger partial charge in [-0.05, 0) is 56.8 Å². The predicted molar refractivity (Wildman–Crippen MR) is 116 cm³/mol. The van der Waals surface area contributed by atoms with E-state index in [9.17, 15) is 0 Å². The lowest BCUT2D eigenvalue weighted by Gasteiger charge is -2.12. The molecule has 0 aliphatic heterocycles. The fourth-order valence-electron chi connectivity index (χ4n) is 2.47. The fourth-order valence-corrected chi connectivity index (χ4v) is 2.58. The summed E-state index contributed by atoms with van der Waals surface area (Å²) < 4.78 is 5.80. The van der Waals surface area contributed by atoms with Gasteiger partial charge in [-0.15, -0.1) is 0 Å². The van der Waals surface area contributed by atoms with Crippen molar-refractivity contribution in [2.45, 2.75) is 19.9 Å². The number of hydrogen-bond acceptors (Lipinski definition) is 4. The number of likely N-dealkylation sites (N-methyl/N-ethyl adjacent to an activating group) is 1. The van der Waals surface area contributed by atoms with Gasteiger partial charge in [0.1, 0.15) is 17.5 Å². The molecule has 0 radical (unpaired) electrons. The van der Waals surface area contributed by atoms with E-state index in [-0.39, 0.29) is 0 Å². The lowest BCUT2D eigenvalue weighted by molar-refractivity contribution is 0.261. The first-order chi connectivity index (χ1) is 13.6. The van der Waals surface area contributed by atoms with Crippen LogP contribution in [0.15, 0.2) is 47.6 Å². The molecular weight excluding hydrogens is 374 g/mol. The summed E-state index contributed by atoms with van der Waals surface area (Å²) in [6, 6.07) is 11.9. The van der Waals surface area contributed by atoms with Crippen LogP contribution in [-0.2, 0) is 13.0 Å². The summed E-state index contributed by atoms with van der Waals surface area (Å²) in [5.41, 5.74) is 2.25. The van der Waals surface area contributed by atoms with Gasteiger partial charge in [0, 0.05) is 25.8 Å². The number of benzene rings is 1. The highest BCUT2D eigenvalue weighted by Crippen LogP contribution is 2.14. The van der Waals surface area contributed by atoms with Gasteiger partial charge < -0.3 is 20.3 Å². The SMILES string of the molecule is CCNC(=NCc1cccc(OCCN(C)C)c1)NCCc1ccc(Cl)nc1. The zero-order chi connectivity index (χ0) is 20.2. The van der Waals surface area contributed by atoms with E-state index in [0.29, 0.717) is 18.3 Å². The van der Waals surface area contributed by atoms with Crippen molar-refractivity contribution in [1.82, 2.24) is 20.5 Å². The standard InChI is InChI=1S/C21H30ClN5O/c1-4-23-21(24-11-10-17-8-9-20(22)25-15-17)26-16-18-6-5-7-19(14-18)28-13-12-27(2)3/h5-9,14-15H,4,10-13,16H2,1-3H3,(H2,23,24,26). The van der Waals surface area contributed by atoms with Crippen molar-refractivity contribution in [2.75, 3.05) is 40.3 Å². The van der Waals surface area contributed by atoms with Gasteiger partial charge in [-0.3, -0.25) is 0 Å². The van der Waals surface area contributed by atoms with Crippen LogP contribution in [0.2, 0.25) is 5.15 Å². The van der Waals surface area contributed by atoms with Crippen LogP contribution in [0.3, 0.4) is 0 Å². The molecule has 0 atom stereocenters. The molecule has 1 heterocycles. The summed E-state index contributed by atoms with van der Waals surface area (Å²) in [5.74, 6) is 1.67. The molecular formula is C21H30ClN5O. The topological polar surface area (TPSA) is 61.8 Å². The number of aliphatic imine (C=N–C) groups is 1. The van der Waals surface area contributed by atoms with E-state index in [4.69, 9.17) is 16.3 Å². The number of guanidine groups is 1. The fraction of sp³-hybridized carbons (Fsp3) is 0.429. The normalized spacial score (nSPS) is 11.5. The van der Waals surface area contributed by atoms with Crippen molar-refractivity contribution >= 4 is 17.6 Å². The number of rotatable bonds is 10. The molecule has 2 rings (SSSR count). The van der Waals surface area contributed by atoms with Gasteiger partial charge in [-0.2, -0.15) is 0 Å². The summed E-state index contributed by atoms with van der Waals surface area (Å²) in [6.07, 6.45) is 2.65. The molecule has 28 heavy (non-hydrogen) atoms. The van der Waals surface area contributed by atoms with Gasteiger partial charge >= 0.3 is 0 Å². The Morgan fingerprint density at radius 3 is 2.75 bits per heavy atom. The van der Waals surface area contributed by atoms with Crippen LogP contribution >= 0.6 is 11.6 Å². The van der Waals surface area contributed by atoms with Gasteiger partial charge in [0.15, 0.2) is 5.96 Å². The highest BCUT2D eigenvalue weighted by molar-refractivity contribution is 6.29. The second kappa shape index (κ2) is 12.2. The molecule has 2 N–H and O–H groups in total. The molecule has 7 heteroatoms. The Hall–Kier alpha value is -2.31. The van der Waals surface area contributed by atoms with Gasteiger partial charge in [0.2, 0.25) is 0 Å². The van der Waals surface area contributed by atoms with E-state index in [1.807, 2.05) is 44.4 Å². The number of halogens is 1. The molecule has 1 aromatic heterocycles. The van der Waals surface area contributed by atoms with E-state index in [1.165, 1.54) is 0 Å². The minimum Gasteiger partial charge on any atom is -0.492 e. The molecule has 2 aromatic rings. The predicted octanol–water partition coefficient (Wildman–Crippen LogP) is 2.97. The Morgan fingerprint density at radius 2 is 2.04 bits per heavy atom. The lowest BCUT2D eigenvalue weighted by atomic mass is 10.2. The van der Waals surface area contributed by atoms with E-state index in [1.54, 1.807) is 6.20 Å². The summed E-state index contributed by atoms with van der Waals surface area (Å²) >= 11 is 5.82. The van der Waals surface area contributed by atoms with Crippen LogP contribution in [-0.4, -0.2) is 56.2 Å². The molecule has 0 unspecified atom stereocenters. The van der Waals surface area contributed by atoms with Crippen molar-refractivity contribution < 1.29 is 4.74 Å². The molecule has 0 amide bonds. The third-order valence-electron chi connectivity index (χ3n) is 3.96. The van der Waals surface area contributed by atoms with Crippen LogP contribution in [0.5, 0.6) is 5.75 Å². The van der Waals surface area contributed by atoms with Crippen molar-refractivity contribution in [3.8, 4) is 5.75 Å². The van der Waals surface area contributed by atoms with Crippen LogP contribution < -0.4 is 15.4 Å². The lowest BCUT2D eigenvalue weighted by Crippen LogP contribution is -2.38. The van der Waals surface area contributed by atoms with Crippen molar-refractivity contribution in [1.29, 1.82) is 0 Å². The van der Waals surface area contributed by atoms with Gasteiger partial charge in [0.25, 0.3) is 0 Å². The monoisotopic (exact) mass is 403 g/mol. The Balaban J connectivity index is 1.86. The number of ether oxygens (including phenoxy) is 1. The first kappa shape index (κ1) is 22.0. The number of nitrogens with zero attached hydrogens (tertiary/aromatic N) is 3. The molecule has 0 spiro atoms. The third kappa shape index (κ3) is 8.59. The highest BCUT2D eigenvalue weighted by atomic mass is 35.5. The summed E-state index contributed by atoms with van der Waals surface area (Å²) in [6.45, 7) is 5.77. The minimum atomic E-state index is 0.513. The quantitative estimate of drug-likeness (QED) is 0.363. The summed E-state index contributed by atoms with van der Waals surface area (Å²) in [5, 5.41) is 7.15. The molecule has 0 bridgehead atoms. The Bertz CT molecular complexity index is 734. The largest absolute Gasteiger partial charge is 0.492 e. The smallest absolute Gasteiger partial charge is 0.191 e. The first-order valence-electron chi connectivity index (χ1n) is 9.56. The number of nitrogens with one attached hydrogen (secondary N) is 2. The van der Waals surface area contributed by atoms with E-state index >= 15 is 0 Å². The second-order valence-corrected chi connectivity index (χ2v) is 7.05. The molecule has 1 aromatic carbocycles. The Morgan fingerprint density at radius 1 is 1.18 bits per heavy atom. The van der Waals surface area contributed by atoms with E-state index < -0.39 is 0 Å². The minimum absolute atomic E-state index is 0.513. The number of hydrogen-bond donors (Lipinski definition) is 2. The zero-order valence-electron chi connectivity index (χ0n) is 16.9. The maximum atomic E-state index is 5.82. The van der Waals surface area contributed by atoms with Gasteiger partial charge in [-0.1, -0.05) is 29.8 Å². The molecule has 152 valence electrons. The molecule has 0 aliphatic rings. The number of aromatic nitrogens is 1. The first-order valence-corrected chi connectivity index (χ1v) is 9.93. The van der Waals surface area contributed by atoms with E-state index in [0.717, 1.165) is 48.9 Å². The molecule has 6 nitrogen and oxygen atoms in total. The summed E-state index contributed by atoms with van der Waals surface area (Å²) in [4.78, 5) is 10.9. The number of pyridine rings is 1. The average molecular weight is 404 g/mol. The Labute approximate surface area is 173 Å². The average Bonchev–Trinajstić information content (AvgIpc) is 2.68. The maximum Gasteiger partial charge on any atom is 0.191 e. The van der Waals surface area contributed by atoms with Gasteiger partial charge in [0.05, 0.1) is 6.54 Å². The van der Waals surface area contributed by atoms with Crippen molar-refractivity contribution in [3.63, 3.8) is 0 Å². The van der Waals surface area contributed by atoms with Crippen LogP contribution in [0, 0.1) is 0 Å². The Kier molecular flexibility index (Phi) is 9.59. The van der Waals surface area contributed by atoms with Crippen LogP contribution in [0.25, 0.3) is 0 Å². The molecule has 0 saturated heterocycles. The third-order valence-corrected chi connectivity index (χ3v) is 4.19. The van der Waals surface area contributed by atoms with Crippen LogP contribution in [0.4, 0.5) is 0 Å². The highest BCUT2D eigenvalue weighted by Gasteiger charge is 2.01. The van der Waals surface area contributed by atoms with Crippen molar-refractivity contribution in [2.24, 2.45) is 4.99 Å². The van der Waals surface area contributed by atoms with Gasteiger partial charge in [-0.25, -0.2) is 9.98 Å². The second-order valence-electron chi connectivity index (χ2n) is 6.66. The molecule has 0 fully saturated rings. The zero-order valence-corrected chi connectivity index (χ0v) is 17.7. The molecule has 0 aliphatic carbocycles. The summed E-state index contributed by atoms with van der Waals surface area (Å²) in [7, 11) is 4.07. The maximum absolute atomic E-state index is 5.82. The van der Waals surface area contributed by atoms with Crippen LogP contribution in [0.1, 0.15) is 18.1 Å².